The average molecular weight is 317 g/mol. The molecule has 2 aromatic heterocycles. The molecular weight excluding hydrogens is 298 g/mol. The second-order valence-electron chi connectivity index (χ2n) is 5.36. The second-order valence-corrected chi connectivity index (χ2v) is 5.75. The molecule has 1 fully saturated rings. The normalized spacial score (nSPS) is 17.0. The lowest BCUT2D eigenvalue weighted by atomic mass is 10.3. The van der Waals surface area contributed by atoms with E-state index in [-0.39, 0.29) is 0 Å². The summed E-state index contributed by atoms with van der Waals surface area (Å²) in [6.07, 6.45) is 1.72. The fraction of sp³-hybridized carbons (Fsp3) is 0.429. The highest BCUT2D eigenvalue weighted by Crippen LogP contribution is 2.08. The number of hydrazone groups is 1. The zero-order valence-corrected chi connectivity index (χ0v) is 13.5. The van der Waals surface area contributed by atoms with E-state index >= 15 is 0 Å². The topological polar surface area (TPSA) is 72.4 Å². The van der Waals surface area contributed by atoms with Gasteiger partial charge in [0.05, 0.1) is 5.52 Å². The average Bonchev–Trinajstić information content (AvgIpc) is 2.97. The number of hydrogen-bond acceptors (Lipinski definition) is 5. The summed E-state index contributed by atoms with van der Waals surface area (Å²) in [6.45, 7) is 5.76. The van der Waals surface area contributed by atoms with E-state index in [4.69, 9.17) is 12.2 Å². The van der Waals surface area contributed by atoms with E-state index in [9.17, 15) is 0 Å². The first kappa shape index (κ1) is 14.9. The molecule has 1 saturated heterocycles. The standard InChI is InChI=1S/C14H19N7S/c1-10(12-16-11-4-3-5-15-13(11)17-12)18-19-14(22)21-8-6-20(2)7-9-21/h3-5H,6-9H2,1-2H3,(H,19,22)(H,15,16,17). The number of imidazole rings is 1. The second kappa shape index (κ2) is 6.37. The van der Waals surface area contributed by atoms with Gasteiger partial charge in [-0.1, -0.05) is 0 Å². The van der Waals surface area contributed by atoms with Gasteiger partial charge in [0.2, 0.25) is 0 Å². The Balaban J connectivity index is 1.65. The van der Waals surface area contributed by atoms with Gasteiger partial charge in [-0.25, -0.2) is 9.97 Å². The molecule has 0 amide bonds. The number of likely N-dealkylation sites (N-methyl/N-ethyl adjacent to an activating group) is 1. The van der Waals surface area contributed by atoms with Crippen LogP contribution in [0.3, 0.4) is 0 Å². The molecular formula is C14H19N7S. The molecule has 116 valence electrons. The third-order valence-corrected chi connectivity index (χ3v) is 4.06. The van der Waals surface area contributed by atoms with Crippen LogP contribution in [0.25, 0.3) is 11.2 Å². The van der Waals surface area contributed by atoms with Gasteiger partial charge in [-0.05, 0) is 38.3 Å². The van der Waals surface area contributed by atoms with Crippen LogP contribution in [0.4, 0.5) is 0 Å². The lowest BCUT2D eigenvalue weighted by Gasteiger charge is -2.33. The van der Waals surface area contributed by atoms with Crippen LogP contribution in [0.2, 0.25) is 0 Å². The molecule has 0 saturated carbocycles. The SMILES string of the molecule is CC(=NNC(=S)N1CCN(C)CC1)c1nc2ncccc2[nH]1. The quantitative estimate of drug-likeness (QED) is 0.485. The zero-order chi connectivity index (χ0) is 15.5. The molecule has 0 aromatic carbocycles. The number of fused-ring (bicyclic) bond motifs is 1. The van der Waals surface area contributed by atoms with Crippen molar-refractivity contribution in [2.45, 2.75) is 6.92 Å². The number of piperazine rings is 1. The molecule has 22 heavy (non-hydrogen) atoms. The maximum atomic E-state index is 5.39. The number of nitrogens with one attached hydrogen (secondary N) is 2. The fourth-order valence-corrected chi connectivity index (χ4v) is 2.51. The molecule has 2 N–H and O–H groups in total. The monoisotopic (exact) mass is 317 g/mol. The van der Waals surface area contributed by atoms with Crippen molar-refractivity contribution in [1.29, 1.82) is 0 Å². The number of hydrogen-bond donors (Lipinski definition) is 2. The Labute approximate surface area is 134 Å². The van der Waals surface area contributed by atoms with Crippen LogP contribution < -0.4 is 5.43 Å². The van der Waals surface area contributed by atoms with Crippen molar-refractivity contribution in [2.24, 2.45) is 5.10 Å². The molecule has 0 atom stereocenters. The number of nitrogens with zero attached hydrogens (tertiary/aromatic N) is 5. The summed E-state index contributed by atoms with van der Waals surface area (Å²) >= 11 is 5.39. The summed E-state index contributed by atoms with van der Waals surface area (Å²) in [5, 5.41) is 4.99. The van der Waals surface area contributed by atoms with Crippen LogP contribution in [0.5, 0.6) is 0 Å². The minimum Gasteiger partial charge on any atom is -0.345 e. The highest BCUT2D eigenvalue weighted by molar-refractivity contribution is 7.80. The number of aromatic nitrogens is 3. The molecule has 0 bridgehead atoms. The van der Waals surface area contributed by atoms with E-state index in [0.717, 1.165) is 37.4 Å². The zero-order valence-electron chi connectivity index (χ0n) is 12.7. The van der Waals surface area contributed by atoms with E-state index < -0.39 is 0 Å². The Morgan fingerprint density at radius 3 is 2.86 bits per heavy atom. The predicted octanol–water partition coefficient (Wildman–Crippen LogP) is 0.804. The Kier molecular flexibility index (Phi) is 4.30. The summed E-state index contributed by atoms with van der Waals surface area (Å²) < 4.78 is 0. The lowest BCUT2D eigenvalue weighted by Crippen LogP contribution is -2.49. The van der Waals surface area contributed by atoms with Crippen molar-refractivity contribution in [1.82, 2.24) is 30.2 Å². The number of pyridine rings is 1. The van der Waals surface area contributed by atoms with Gasteiger partial charge < -0.3 is 14.8 Å². The van der Waals surface area contributed by atoms with Crippen molar-refractivity contribution in [3.63, 3.8) is 0 Å². The minimum atomic E-state index is 0.654. The summed E-state index contributed by atoms with van der Waals surface area (Å²) in [4.78, 5) is 16.2. The molecule has 3 heterocycles. The Bertz CT molecular complexity index is 667. The maximum Gasteiger partial charge on any atom is 0.189 e. The van der Waals surface area contributed by atoms with E-state index in [0.29, 0.717) is 16.6 Å². The smallest absolute Gasteiger partial charge is 0.189 e. The third-order valence-electron chi connectivity index (χ3n) is 3.71. The summed E-state index contributed by atoms with van der Waals surface area (Å²) in [5.41, 5.74) is 5.29. The Hall–Kier alpha value is -2.06. The van der Waals surface area contributed by atoms with Gasteiger partial charge in [-0.15, -0.1) is 0 Å². The van der Waals surface area contributed by atoms with Crippen molar-refractivity contribution in [3.8, 4) is 0 Å². The van der Waals surface area contributed by atoms with Crippen LogP contribution in [0.15, 0.2) is 23.4 Å². The predicted molar refractivity (Wildman–Crippen MR) is 90.9 cm³/mol. The molecule has 3 rings (SSSR count). The van der Waals surface area contributed by atoms with Gasteiger partial charge in [0.25, 0.3) is 0 Å². The Morgan fingerprint density at radius 1 is 1.36 bits per heavy atom. The third kappa shape index (κ3) is 3.23. The fourth-order valence-electron chi connectivity index (χ4n) is 2.28. The van der Waals surface area contributed by atoms with Gasteiger partial charge in [0.1, 0.15) is 5.71 Å². The molecule has 0 unspecified atom stereocenters. The van der Waals surface area contributed by atoms with Crippen molar-refractivity contribution >= 4 is 34.2 Å². The van der Waals surface area contributed by atoms with Gasteiger partial charge in [0.15, 0.2) is 16.6 Å². The van der Waals surface area contributed by atoms with Gasteiger partial charge in [0, 0.05) is 32.4 Å². The summed E-state index contributed by atoms with van der Waals surface area (Å²) in [6, 6.07) is 3.81. The molecule has 2 aromatic rings. The first-order valence-electron chi connectivity index (χ1n) is 7.22. The minimum absolute atomic E-state index is 0.654. The molecule has 8 heteroatoms. The molecule has 7 nitrogen and oxygen atoms in total. The Morgan fingerprint density at radius 2 is 2.14 bits per heavy atom. The molecule has 0 aliphatic carbocycles. The molecule has 0 spiro atoms. The number of thiocarbonyl (C=S) groups is 1. The van der Waals surface area contributed by atoms with E-state index in [1.165, 1.54) is 0 Å². The van der Waals surface area contributed by atoms with Crippen LogP contribution in [-0.4, -0.2) is 68.8 Å². The molecule has 1 aliphatic rings. The van der Waals surface area contributed by atoms with Crippen LogP contribution in [-0.2, 0) is 0 Å². The van der Waals surface area contributed by atoms with Gasteiger partial charge in [-0.3, -0.25) is 5.43 Å². The summed E-state index contributed by atoms with van der Waals surface area (Å²) in [7, 11) is 2.12. The summed E-state index contributed by atoms with van der Waals surface area (Å²) in [5.74, 6) is 0.697. The first-order valence-corrected chi connectivity index (χ1v) is 7.63. The number of rotatable bonds is 2. The largest absolute Gasteiger partial charge is 0.345 e. The molecule has 0 radical (unpaired) electrons. The van der Waals surface area contributed by atoms with E-state index in [2.05, 4.69) is 42.3 Å². The van der Waals surface area contributed by atoms with E-state index in [1.54, 1.807) is 6.20 Å². The maximum absolute atomic E-state index is 5.39. The van der Waals surface area contributed by atoms with Gasteiger partial charge in [-0.2, -0.15) is 5.10 Å². The molecule has 1 aliphatic heterocycles. The van der Waals surface area contributed by atoms with Crippen LogP contribution in [0, 0.1) is 0 Å². The van der Waals surface area contributed by atoms with E-state index in [1.807, 2.05) is 19.1 Å². The lowest BCUT2D eigenvalue weighted by molar-refractivity contribution is 0.214. The number of H-pyrrole nitrogens is 1. The highest BCUT2D eigenvalue weighted by Gasteiger charge is 2.16. The van der Waals surface area contributed by atoms with Crippen molar-refractivity contribution in [2.75, 3.05) is 33.2 Å². The first-order chi connectivity index (χ1) is 10.6. The number of aromatic amines is 1. The van der Waals surface area contributed by atoms with Crippen molar-refractivity contribution < 1.29 is 0 Å². The van der Waals surface area contributed by atoms with Crippen molar-refractivity contribution in [3.05, 3.63) is 24.2 Å². The van der Waals surface area contributed by atoms with Gasteiger partial charge >= 0.3 is 0 Å². The van der Waals surface area contributed by atoms with Crippen LogP contribution in [0.1, 0.15) is 12.7 Å². The van der Waals surface area contributed by atoms with Crippen LogP contribution >= 0.6 is 12.2 Å². The highest BCUT2D eigenvalue weighted by atomic mass is 32.1.